The molecular weight excluding hydrogens is 358 g/mol. The molecule has 2 aliphatic heterocycles. The van der Waals surface area contributed by atoms with Crippen LogP contribution in [0, 0.1) is 6.92 Å². The summed E-state index contributed by atoms with van der Waals surface area (Å²) in [4.78, 5) is 31.0. The molecule has 1 N–H and O–H groups in total. The average molecular weight is 389 g/mol. The van der Waals surface area contributed by atoms with Crippen molar-refractivity contribution in [3.05, 3.63) is 17.0 Å². The van der Waals surface area contributed by atoms with Crippen LogP contribution in [-0.2, 0) is 11.2 Å². The van der Waals surface area contributed by atoms with E-state index in [2.05, 4.69) is 5.16 Å². The van der Waals surface area contributed by atoms with Crippen LogP contribution in [0.25, 0.3) is 0 Å². The zero-order chi connectivity index (χ0) is 19.9. The minimum atomic E-state index is -0.722. The molecule has 2 saturated heterocycles. The summed E-state index contributed by atoms with van der Waals surface area (Å²) in [5.74, 6) is 0.533. The second-order valence-corrected chi connectivity index (χ2v) is 8.57. The summed E-state index contributed by atoms with van der Waals surface area (Å²) in [6.45, 7) is 5.09. The van der Waals surface area contributed by atoms with Crippen molar-refractivity contribution in [2.75, 3.05) is 13.1 Å². The van der Waals surface area contributed by atoms with Crippen molar-refractivity contribution in [1.82, 2.24) is 15.0 Å². The third-order valence-electron chi connectivity index (χ3n) is 6.97. The second kappa shape index (κ2) is 7.50. The number of aliphatic hydroxyl groups excluding tert-OH is 1. The van der Waals surface area contributed by atoms with Gasteiger partial charge < -0.3 is 19.4 Å². The van der Waals surface area contributed by atoms with Gasteiger partial charge >= 0.3 is 0 Å². The number of aryl methyl sites for hydroxylation is 2. The van der Waals surface area contributed by atoms with Gasteiger partial charge in [-0.25, -0.2) is 0 Å². The third kappa shape index (κ3) is 3.04. The normalized spacial score (nSPS) is 31.0. The van der Waals surface area contributed by atoms with Crippen LogP contribution in [0.4, 0.5) is 0 Å². The Labute approximate surface area is 166 Å². The maximum Gasteiger partial charge on any atom is 0.260 e. The van der Waals surface area contributed by atoms with E-state index in [0.717, 1.165) is 57.9 Å². The van der Waals surface area contributed by atoms with Gasteiger partial charge in [0.2, 0.25) is 5.91 Å². The topological polar surface area (TPSA) is 86.9 Å². The van der Waals surface area contributed by atoms with Gasteiger partial charge in [0.05, 0.1) is 11.8 Å². The van der Waals surface area contributed by atoms with Crippen molar-refractivity contribution < 1.29 is 19.2 Å². The molecule has 1 aromatic rings. The summed E-state index contributed by atoms with van der Waals surface area (Å²) in [5, 5.41) is 13.9. The highest BCUT2D eigenvalue weighted by molar-refractivity contribution is 6.01. The molecule has 7 nitrogen and oxygen atoms in total. The molecule has 1 spiro atoms. The highest BCUT2D eigenvalue weighted by Gasteiger charge is 2.54. The van der Waals surface area contributed by atoms with E-state index in [0.29, 0.717) is 30.0 Å². The van der Waals surface area contributed by atoms with Gasteiger partial charge in [0.1, 0.15) is 16.9 Å². The molecule has 1 aromatic heterocycles. The maximum absolute atomic E-state index is 13.7. The molecule has 1 unspecified atom stereocenters. The molecule has 3 fully saturated rings. The molecule has 3 heterocycles. The Hall–Kier alpha value is -1.89. The Morgan fingerprint density at radius 3 is 2.57 bits per heavy atom. The second-order valence-electron chi connectivity index (χ2n) is 8.57. The third-order valence-corrected chi connectivity index (χ3v) is 6.97. The van der Waals surface area contributed by atoms with E-state index in [4.69, 9.17) is 4.52 Å². The number of nitrogens with zero attached hydrogens (tertiary/aromatic N) is 3. The van der Waals surface area contributed by atoms with Gasteiger partial charge in [-0.3, -0.25) is 9.59 Å². The number of piperidine rings is 1. The van der Waals surface area contributed by atoms with Crippen molar-refractivity contribution in [1.29, 1.82) is 0 Å². The molecule has 2 amide bonds. The van der Waals surface area contributed by atoms with E-state index < -0.39 is 5.54 Å². The lowest BCUT2D eigenvalue weighted by Crippen LogP contribution is -2.63. The number of aromatic nitrogens is 1. The number of hydrogen-bond acceptors (Lipinski definition) is 5. The zero-order valence-corrected chi connectivity index (χ0v) is 16.9. The molecule has 0 radical (unpaired) electrons. The highest BCUT2D eigenvalue weighted by atomic mass is 16.5. The van der Waals surface area contributed by atoms with Crippen LogP contribution in [0.5, 0.6) is 0 Å². The summed E-state index contributed by atoms with van der Waals surface area (Å²) < 4.78 is 5.28. The van der Waals surface area contributed by atoms with Crippen LogP contribution in [0.2, 0.25) is 0 Å². The van der Waals surface area contributed by atoms with Crippen molar-refractivity contribution in [3.63, 3.8) is 0 Å². The SMILES string of the molecule is CCc1noc(C)c1C(=O)N1CCCC12CCCN(C1CCC(O)CC1)C2=O. The van der Waals surface area contributed by atoms with Crippen molar-refractivity contribution in [3.8, 4) is 0 Å². The Balaban J connectivity index is 1.61. The van der Waals surface area contributed by atoms with Gasteiger partial charge in [-0.1, -0.05) is 12.1 Å². The quantitative estimate of drug-likeness (QED) is 0.858. The summed E-state index contributed by atoms with van der Waals surface area (Å²) in [7, 11) is 0. The number of amides is 2. The molecule has 0 bridgehead atoms. The van der Waals surface area contributed by atoms with E-state index in [1.807, 2.05) is 16.7 Å². The molecule has 4 rings (SSSR count). The Morgan fingerprint density at radius 1 is 1.21 bits per heavy atom. The number of carbonyl (C=O) groups excluding carboxylic acids is 2. The molecule has 1 aliphatic carbocycles. The largest absolute Gasteiger partial charge is 0.393 e. The zero-order valence-electron chi connectivity index (χ0n) is 16.9. The van der Waals surface area contributed by atoms with Crippen LogP contribution in [-0.4, -0.2) is 62.7 Å². The van der Waals surface area contributed by atoms with Gasteiger partial charge in [-0.2, -0.15) is 0 Å². The predicted octanol–water partition coefficient (Wildman–Crippen LogP) is 2.45. The van der Waals surface area contributed by atoms with Crippen molar-refractivity contribution in [2.24, 2.45) is 0 Å². The average Bonchev–Trinajstić information content (AvgIpc) is 3.28. The molecule has 3 aliphatic rings. The van der Waals surface area contributed by atoms with E-state index >= 15 is 0 Å². The van der Waals surface area contributed by atoms with E-state index in [1.165, 1.54) is 0 Å². The van der Waals surface area contributed by atoms with Crippen molar-refractivity contribution in [2.45, 2.75) is 89.3 Å². The van der Waals surface area contributed by atoms with Gasteiger partial charge in [-0.05, 0) is 64.7 Å². The maximum atomic E-state index is 13.7. The first-order valence-electron chi connectivity index (χ1n) is 10.7. The van der Waals surface area contributed by atoms with Crippen LogP contribution < -0.4 is 0 Å². The molecule has 28 heavy (non-hydrogen) atoms. The number of likely N-dealkylation sites (tertiary alicyclic amines) is 2. The molecular formula is C21H31N3O4. The summed E-state index contributed by atoms with van der Waals surface area (Å²) in [6, 6.07) is 0.189. The summed E-state index contributed by atoms with van der Waals surface area (Å²) >= 11 is 0. The first kappa shape index (κ1) is 19.4. The minimum absolute atomic E-state index is 0.109. The fraction of sp³-hybridized carbons (Fsp3) is 0.762. The summed E-state index contributed by atoms with van der Waals surface area (Å²) in [6.07, 6.45) is 6.82. The Morgan fingerprint density at radius 2 is 1.89 bits per heavy atom. The Bertz CT molecular complexity index is 753. The molecule has 7 heteroatoms. The standard InChI is InChI=1S/C21H31N3O4/c1-3-17-18(14(2)28-22-17)19(26)24-13-5-11-21(24)10-4-12-23(20(21)27)15-6-8-16(25)9-7-15/h15-16,25H,3-13H2,1-2H3. The van der Waals surface area contributed by atoms with Gasteiger partial charge in [-0.15, -0.1) is 0 Å². The molecule has 1 atom stereocenters. The van der Waals surface area contributed by atoms with Crippen LogP contribution in [0.1, 0.15) is 80.1 Å². The predicted molar refractivity (Wildman–Crippen MR) is 103 cm³/mol. The van der Waals surface area contributed by atoms with Crippen LogP contribution >= 0.6 is 0 Å². The lowest BCUT2D eigenvalue weighted by atomic mass is 9.82. The number of rotatable bonds is 3. The van der Waals surface area contributed by atoms with E-state index in [1.54, 1.807) is 6.92 Å². The van der Waals surface area contributed by atoms with E-state index in [-0.39, 0.29) is 24.0 Å². The lowest BCUT2D eigenvalue weighted by Gasteiger charge is -2.48. The van der Waals surface area contributed by atoms with Gasteiger partial charge in [0.15, 0.2) is 0 Å². The molecule has 1 saturated carbocycles. The lowest BCUT2D eigenvalue weighted by molar-refractivity contribution is -0.149. The van der Waals surface area contributed by atoms with Gasteiger partial charge in [0.25, 0.3) is 5.91 Å². The number of carbonyl (C=O) groups is 2. The number of aliphatic hydroxyl groups is 1. The highest BCUT2D eigenvalue weighted by Crippen LogP contribution is 2.41. The number of hydrogen-bond donors (Lipinski definition) is 1. The fourth-order valence-electron chi connectivity index (χ4n) is 5.46. The van der Waals surface area contributed by atoms with Crippen molar-refractivity contribution >= 4 is 11.8 Å². The first-order valence-corrected chi connectivity index (χ1v) is 10.7. The monoisotopic (exact) mass is 389 g/mol. The van der Waals surface area contributed by atoms with Gasteiger partial charge in [0, 0.05) is 19.1 Å². The fourth-order valence-corrected chi connectivity index (χ4v) is 5.46. The minimum Gasteiger partial charge on any atom is -0.393 e. The molecule has 0 aromatic carbocycles. The van der Waals surface area contributed by atoms with Crippen LogP contribution in [0.15, 0.2) is 4.52 Å². The summed E-state index contributed by atoms with van der Waals surface area (Å²) in [5.41, 5.74) is 0.487. The smallest absolute Gasteiger partial charge is 0.260 e. The van der Waals surface area contributed by atoms with Crippen LogP contribution in [0.3, 0.4) is 0 Å². The molecule has 154 valence electrons. The first-order chi connectivity index (χ1) is 13.5. The van der Waals surface area contributed by atoms with E-state index in [9.17, 15) is 14.7 Å². The Kier molecular flexibility index (Phi) is 5.21.